The number of para-hydroxylation sites is 1. The van der Waals surface area contributed by atoms with Gasteiger partial charge in [0.15, 0.2) is 5.69 Å². The van der Waals surface area contributed by atoms with Crippen LogP contribution in [0.3, 0.4) is 0 Å². The number of anilines is 1. The minimum absolute atomic E-state index is 0.0154. The van der Waals surface area contributed by atoms with Crippen molar-refractivity contribution in [2.75, 3.05) is 19.4 Å². The number of carbonyl (C=O) groups excluding carboxylic acids is 1. The van der Waals surface area contributed by atoms with Gasteiger partial charge < -0.3 is 5.32 Å². The lowest BCUT2D eigenvalue weighted by Crippen LogP contribution is -2.22. The second kappa shape index (κ2) is 7.92. The Morgan fingerprint density at radius 3 is 2.17 bits per heavy atom. The molecule has 7 nitrogen and oxygen atoms in total. The van der Waals surface area contributed by atoms with Gasteiger partial charge in [-0.25, -0.2) is 17.4 Å². The molecule has 1 aromatic heterocycles. The van der Waals surface area contributed by atoms with Crippen LogP contribution in [0.5, 0.6) is 0 Å². The predicted molar refractivity (Wildman–Crippen MR) is 104 cm³/mol. The molecule has 0 radical (unpaired) electrons. The Kier molecular flexibility index (Phi) is 5.68. The van der Waals surface area contributed by atoms with Crippen molar-refractivity contribution < 1.29 is 26.4 Å². The molecule has 0 aliphatic rings. The van der Waals surface area contributed by atoms with Crippen molar-refractivity contribution >= 4 is 21.6 Å². The molecule has 1 heterocycles. The first-order chi connectivity index (χ1) is 14.0. The topological polar surface area (TPSA) is 84.3 Å². The van der Waals surface area contributed by atoms with Gasteiger partial charge in [0.1, 0.15) is 0 Å². The lowest BCUT2D eigenvalue weighted by atomic mass is 10.2. The molecular weight excluding hydrogens is 421 g/mol. The zero-order valence-electron chi connectivity index (χ0n) is 15.9. The molecule has 1 N–H and O–H groups in total. The van der Waals surface area contributed by atoms with Gasteiger partial charge in [-0.05, 0) is 36.4 Å². The van der Waals surface area contributed by atoms with Gasteiger partial charge in [-0.1, -0.05) is 18.2 Å². The molecule has 0 aliphatic heterocycles. The molecule has 1 amide bonds. The van der Waals surface area contributed by atoms with Gasteiger partial charge in [0, 0.05) is 19.8 Å². The highest BCUT2D eigenvalue weighted by Crippen LogP contribution is 2.34. The number of rotatable bonds is 5. The third-order valence-corrected chi connectivity index (χ3v) is 6.00. The van der Waals surface area contributed by atoms with Crippen molar-refractivity contribution in [1.29, 1.82) is 0 Å². The molecule has 3 rings (SSSR count). The average molecular weight is 438 g/mol. The number of amides is 1. The van der Waals surface area contributed by atoms with E-state index in [2.05, 4.69) is 10.4 Å². The van der Waals surface area contributed by atoms with Crippen LogP contribution in [0.25, 0.3) is 5.69 Å². The summed E-state index contributed by atoms with van der Waals surface area (Å²) in [5.41, 5.74) is -1.57. The number of carbonyl (C=O) groups is 1. The molecule has 0 saturated carbocycles. The van der Waals surface area contributed by atoms with E-state index >= 15 is 0 Å². The SMILES string of the molecule is CN(C)S(=O)(=O)c1ccc(NC(=O)c2cnn(-c3ccccc3)c2C(F)(F)F)cc1. The van der Waals surface area contributed by atoms with Gasteiger partial charge in [0.25, 0.3) is 5.91 Å². The number of halogens is 3. The minimum atomic E-state index is -4.83. The van der Waals surface area contributed by atoms with Crippen LogP contribution in [0.1, 0.15) is 16.1 Å². The van der Waals surface area contributed by atoms with Gasteiger partial charge in [0.05, 0.1) is 22.3 Å². The van der Waals surface area contributed by atoms with Gasteiger partial charge in [-0.3, -0.25) is 4.79 Å². The number of benzene rings is 2. The molecule has 0 bridgehead atoms. The second-order valence-electron chi connectivity index (χ2n) is 6.42. The molecule has 30 heavy (non-hydrogen) atoms. The third kappa shape index (κ3) is 4.21. The number of hydrogen-bond acceptors (Lipinski definition) is 4. The van der Waals surface area contributed by atoms with Crippen LogP contribution in [-0.4, -0.2) is 42.5 Å². The molecule has 0 saturated heterocycles. The normalized spacial score (nSPS) is 12.2. The van der Waals surface area contributed by atoms with E-state index in [1.54, 1.807) is 18.2 Å². The zero-order valence-corrected chi connectivity index (χ0v) is 16.7. The number of nitrogens with one attached hydrogen (secondary N) is 1. The van der Waals surface area contributed by atoms with Crippen molar-refractivity contribution in [2.24, 2.45) is 0 Å². The maximum absolute atomic E-state index is 13.7. The smallest absolute Gasteiger partial charge is 0.322 e. The van der Waals surface area contributed by atoms with Crippen LogP contribution in [-0.2, 0) is 16.2 Å². The maximum Gasteiger partial charge on any atom is 0.434 e. The Morgan fingerprint density at radius 2 is 1.63 bits per heavy atom. The molecule has 158 valence electrons. The van der Waals surface area contributed by atoms with Crippen LogP contribution in [0.4, 0.5) is 18.9 Å². The molecule has 0 aliphatic carbocycles. The lowest BCUT2D eigenvalue weighted by Gasteiger charge is -2.13. The average Bonchev–Trinajstić information content (AvgIpc) is 3.15. The van der Waals surface area contributed by atoms with Crippen molar-refractivity contribution in [3.05, 3.63) is 72.1 Å². The predicted octanol–water partition coefficient (Wildman–Crippen LogP) is 3.39. The quantitative estimate of drug-likeness (QED) is 0.662. The summed E-state index contributed by atoms with van der Waals surface area (Å²) in [7, 11) is -0.931. The number of nitrogens with zero attached hydrogens (tertiary/aromatic N) is 3. The maximum atomic E-state index is 13.7. The first-order valence-electron chi connectivity index (χ1n) is 8.56. The Labute approximate surface area is 170 Å². The fraction of sp³-hybridized carbons (Fsp3) is 0.158. The summed E-state index contributed by atoms with van der Waals surface area (Å²) < 4.78 is 66.9. The summed E-state index contributed by atoms with van der Waals surface area (Å²) in [6, 6.07) is 12.7. The van der Waals surface area contributed by atoms with E-state index in [9.17, 15) is 26.4 Å². The molecule has 11 heteroatoms. The van der Waals surface area contributed by atoms with E-state index in [0.717, 1.165) is 10.5 Å². The van der Waals surface area contributed by atoms with E-state index in [1.807, 2.05) is 0 Å². The van der Waals surface area contributed by atoms with Crippen LogP contribution in [0, 0.1) is 0 Å². The first kappa shape index (κ1) is 21.5. The standard InChI is InChI=1S/C19H17F3N4O3S/c1-25(2)30(28,29)15-10-8-13(9-11-15)24-18(27)16-12-23-26(17(16)19(20,21)22)14-6-4-3-5-7-14/h3-12H,1-2H3,(H,24,27). The molecule has 3 aromatic rings. The van der Waals surface area contributed by atoms with E-state index in [1.165, 1.54) is 50.5 Å². The number of hydrogen-bond donors (Lipinski definition) is 1. The van der Waals surface area contributed by atoms with Crippen molar-refractivity contribution in [1.82, 2.24) is 14.1 Å². The van der Waals surface area contributed by atoms with E-state index in [-0.39, 0.29) is 16.3 Å². The zero-order chi connectivity index (χ0) is 22.1. The largest absolute Gasteiger partial charge is 0.434 e. The Bertz CT molecular complexity index is 1160. The summed E-state index contributed by atoms with van der Waals surface area (Å²) in [5, 5.41) is 6.08. The Hall–Kier alpha value is -3.18. The highest BCUT2D eigenvalue weighted by Gasteiger charge is 2.40. The third-order valence-electron chi connectivity index (χ3n) is 4.17. The molecule has 2 aromatic carbocycles. The second-order valence-corrected chi connectivity index (χ2v) is 8.57. The number of alkyl halides is 3. The summed E-state index contributed by atoms with van der Waals surface area (Å²) in [6.07, 6.45) is -3.99. The van der Waals surface area contributed by atoms with Crippen LogP contribution in [0.2, 0.25) is 0 Å². The highest BCUT2D eigenvalue weighted by molar-refractivity contribution is 7.89. The van der Waals surface area contributed by atoms with Crippen molar-refractivity contribution in [3.8, 4) is 5.69 Å². The van der Waals surface area contributed by atoms with Crippen LogP contribution < -0.4 is 5.32 Å². The summed E-state index contributed by atoms with van der Waals surface area (Å²) in [4.78, 5) is 12.5. The molecule has 0 atom stereocenters. The highest BCUT2D eigenvalue weighted by atomic mass is 32.2. The molecule has 0 spiro atoms. The minimum Gasteiger partial charge on any atom is -0.322 e. The molecule has 0 fully saturated rings. The lowest BCUT2D eigenvalue weighted by molar-refractivity contribution is -0.143. The molecular formula is C19H17F3N4O3S. The summed E-state index contributed by atoms with van der Waals surface area (Å²) >= 11 is 0. The summed E-state index contributed by atoms with van der Waals surface area (Å²) in [5.74, 6) is -1.02. The van der Waals surface area contributed by atoms with Crippen molar-refractivity contribution in [2.45, 2.75) is 11.1 Å². The van der Waals surface area contributed by atoms with Crippen LogP contribution >= 0.6 is 0 Å². The van der Waals surface area contributed by atoms with Gasteiger partial charge >= 0.3 is 6.18 Å². The van der Waals surface area contributed by atoms with Crippen molar-refractivity contribution in [3.63, 3.8) is 0 Å². The summed E-state index contributed by atoms with van der Waals surface area (Å²) in [6.45, 7) is 0. The van der Waals surface area contributed by atoms with E-state index in [4.69, 9.17) is 0 Å². The first-order valence-corrected chi connectivity index (χ1v) is 10.0. The monoisotopic (exact) mass is 438 g/mol. The molecule has 0 unspecified atom stereocenters. The van der Waals surface area contributed by atoms with E-state index < -0.39 is 33.4 Å². The Balaban J connectivity index is 1.92. The van der Waals surface area contributed by atoms with Gasteiger partial charge in [-0.2, -0.15) is 18.3 Å². The van der Waals surface area contributed by atoms with E-state index in [0.29, 0.717) is 4.68 Å². The number of aromatic nitrogens is 2. The van der Waals surface area contributed by atoms with Crippen LogP contribution in [0.15, 0.2) is 65.7 Å². The fourth-order valence-corrected chi connectivity index (χ4v) is 3.57. The van der Waals surface area contributed by atoms with Gasteiger partial charge in [0.2, 0.25) is 10.0 Å². The Morgan fingerprint density at radius 1 is 1.03 bits per heavy atom. The number of sulfonamides is 1. The van der Waals surface area contributed by atoms with Gasteiger partial charge in [-0.15, -0.1) is 0 Å². The fourth-order valence-electron chi connectivity index (χ4n) is 2.67.